The van der Waals surface area contributed by atoms with E-state index < -0.39 is 18.0 Å². The first kappa shape index (κ1) is 16.1. The lowest BCUT2D eigenvalue weighted by atomic mass is 9.98. The summed E-state index contributed by atoms with van der Waals surface area (Å²) in [7, 11) is 0. The fourth-order valence-electron chi connectivity index (χ4n) is 3.16. The Morgan fingerprint density at radius 1 is 1.08 bits per heavy atom. The first-order chi connectivity index (χ1) is 11.6. The van der Waals surface area contributed by atoms with E-state index in [4.69, 9.17) is 10.5 Å². The van der Waals surface area contributed by atoms with Crippen molar-refractivity contribution in [2.24, 2.45) is 5.73 Å². The van der Waals surface area contributed by atoms with Gasteiger partial charge in [0.25, 0.3) is 0 Å². The van der Waals surface area contributed by atoms with Crippen LogP contribution in [0.2, 0.25) is 0 Å². The van der Waals surface area contributed by atoms with Crippen molar-refractivity contribution >= 4 is 12.0 Å². The summed E-state index contributed by atoms with van der Waals surface area (Å²) in [5.41, 5.74) is 9.87. The van der Waals surface area contributed by atoms with E-state index in [2.05, 4.69) is 29.6 Å². The van der Waals surface area contributed by atoms with Crippen molar-refractivity contribution in [1.29, 1.82) is 0 Å². The molecule has 0 fully saturated rings. The Hall–Kier alpha value is -2.82. The fourth-order valence-corrected chi connectivity index (χ4v) is 3.16. The second kappa shape index (κ2) is 6.74. The highest BCUT2D eigenvalue weighted by Gasteiger charge is 2.29. The van der Waals surface area contributed by atoms with Crippen LogP contribution in [0.25, 0.3) is 11.1 Å². The average molecular weight is 324 g/mol. The number of rotatable bonds is 5. The number of primary amides is 1. The number of ether oxygens (including phenoxy) is 1. The quantitative estimate of drug-likeness (QED) is 0.887. The first-order valence-corrected chi connectivity index (χ1v) is 8.02. The maximum Gasteiger partial charge on any atom is 0.407 e. The molecular formula is C19H20N2O3. The van der Waals surface area contributed by atoms with Gasteiger partial charge in [-0.1, -0.05) is 55.5 Å². The van der Waals surface area contributed by atoms with E-state index in [9.17, 15) is 9.59 Å². The maximum absolute atomic E-state index is 12.0. The van der Waals surface area contributed by atoms with Crippen molar-refractivity contribution < 1.29 is 14.3 Å². The predicted octanol–water partition coefficient (Wildman–Crippen LogP) is 2.79. The van der Waals surface area contributed by atoms with Gasteiger partial charge in [-0.15, -0.1) is 0 Å². The van der Waals surface area contributed by atoms with Crippen LogP contribution in [-0.2, 0) is 9.53 Å². The number of carbonyl (C=O) groups is 2. The molecule has 1 atom stereocenters. The van der Waals surface area contributed by atoms with Crippen molar-refractivity contribution in [2.75, 3.05) is 6.61 Å². The Kier molecular flexibility index (Phi) is 4.51. The Bertz CT molecular complexity index is 727. The van der Waals surface area contributed by atoms with E-state index in [-0.39, 0.29) is 12.5 Å². The molecule has 0 aliphatic heterocycles. The van der Waals surface area contributed by atoms with Gasteiger partial charge in [0.1, 0.15) is 12.6 Å². The molecule has 5 nitrogen and oxygen atoms in total. The zero-order valence-corrected chi connectivity index (χ0v) is 13.5. The molecule has 1 aliphatic rings. The van der Waals surface area contributed by atoms with Crippen molar-refractivity contribution in [3.63, 3.8) is 0 Å². The van der Waals surface area contributed by atoms with Crippen LogP contribution in [0.4, 0.5) is 4.79 Å². The third-order valence-corrected chi connectivity index (χ3v) is 4.39. The molecular weight excluding hydrogens is 304 g/mol. The summed E-state index contributed by atoms with van der Waals surface area (Å²) in [6.07, 6.45) is -0.193. The highest BCUT2D eigenvalue weighted by atomic mass is 16.5. The van der Waals surface area contributed by atoms with Gasteiger partial charge in [0, 0.05) is 5.92 Å². The van der Waals surface area contributed by atoms with Gasteiger partial charge in [-0.3, -0.25) is 4.79 Å². The molecule has 0 spiro atoms. The van der Waals surface area contributed by atoms with Crippen LogP contribution in [0.5, 0.6) is 0 Å². The molecule has 1 aliphatic carbocycles. The van der Waals surface area contributed by atoms with Gasteiger partial charge in [0.05, 0.1) is 0 Å². The Morgan fingerprint density at radius 3 is 2.12 bits per heavy atom. The third-order valence-electron chi connectivity index (χ3n) is 4.39. The van der Waals surface area contributed by atoms with E-state index in [1.165, 1.54) is 11.1 Å². The van der Waals surface area contributed by atoms with Crippen LogP contribution in [-0.4, -0.2) is 24.6 Å². The number of nitrogens with two attached hydrogens (primary N) is 1. The van der Waals surface area contributed by atoms with Crippen LogP contribution >= 0.6 is 0 Å². The smallest absolute Gasteiger partial charge is 0.407 e. The summed E-state index contributed by atoms with van der Waals surface area (Å²) in [6.45, 7) is 1.99. The monoisotopic (exact) mass is 324 g/mol. The molecule has 3 N–H and O–H groups in total. The van der Waals surface area contributed by atoms with E-state index in [1.54, 1.807) is 6.92 Å². The molecule has 0 radical (unpaired) electrons. The number of hydrogen-bond donors (Lipinski definition) is 2. The normalized spacial score (nSPS) is 13.7. The Labute approximate surface area is 140 Å². The number of hydrogen-bond acceptors (Lipinski definition) is 3. The molecule has 2 amide bonds. The lowest BCUT2D eigenvalue weighted by Crippen LogP contribution is -2.44. The average Bonchev–Trinajstić information content (AvgIpc) is 2.91. The topological polar surface area (TPSA) is 81.4 Å². The number of carbonyl (C=O) groups excluding carboxylic acids is 2. The molecule has 0 saturated heterocycles. The molecule has 0 unspecified atom stereocenters. The molecule has 24 heavy (non-hydrogen) atoms. The van der Waals surface area contributed by atoms with Crippen molar-refractivity contribution in [3.8, 4) is 11.1 Å². The van der Waals surface area contributed by atoms with Crippen molar-refractivity contribution in [2.45, 2.75) is 25.3 Å². The zero-order valence-electron chi connectivity index (χ0n) is 13.5. The molecule has 124 valence electrons. The number of fused-ring (bicyclic) bond motifs is 3. The van der Waals surface area contributed by atoms with Gasteiger partial charge in [-0.2, -0.15) is 0 Å². The minimum absolute atomic E-state index is 0.00296. The summed E-state index contributed by atoms with van der Waals surface area (Å²) >= 11 is 0. The van der Waals surface area contributed by atoms with E-state index in [0.29, 0.717) is 6.42 Å². The highest BCUT2D eigenvalue weighted by Crippen LogP contribution is 2.44. The van der Waals surface area contributed by atoms with Crippen LogP contribution in [0.3, 0.4) is 0 Å². The van der Waals surface area contributed by atoms with Crippen molar-refractivity contribution in [3.05, 3.63) is 59.7 Å². The van der Waals surface area contributed by atoms with Gasteiger partial charge >= 0.3 is 6.09 Å². The standard InChI is InChI=1S/C19H20N2O3/c1-2-17(18(20)22)21-19(23)24-11-16-14-9-5-3-7-12(14)13-8-4-6-10-15(13)16/h3-10,16-17H,2,11H2,1H3,(H2,20,22)(H,21,23)/t17-/m1/s1. The van der Waals surface area contributed by atoms with Crippen LogP contribution in [0, 0.1) is 0 Å². The third kappa shape index (κ3) is 2.97. The highest BCUT2D eigenvalue weighted by molar-refractivity contribution is 5.84. The van der Waals surface area contributed by atoms with Crippen LogP contribution in [0.15, 0.2) is 48.5 Å². The second-order valence-corrected chi connectivity index (χ2v) is 5.83. The predicted molar refractivity (Wildman–Crippen MR) is 91.5 cm³/mol. The Balaban J connectivity index is 1.74. The van der Waals surface area contributed by atoms with E-state index in [0.717, 1.165) is 11.1 Å². The summed E-state index contributed by atoms with van der Waals surface area (Å²) in [5, 5.41) is 2.50. The number of benzene rings is 2. The van der Waals surface area contributed by atoms with Crippen molar-refractivity contribution in [1.82, 2.24) is 5.32 Å². The molecule has 0 heterocycles. The summed E-state index contributed by atoms with van der Waals surface area (Å²) in [5.74, 6) is -0.567. The largest absolute Gasteiger partial charge is 0.449 e. The Morgan fingerprint density at radius 2 is 1.62 bits per heavy atom. The van der Waals surface area contributed by atoms with Gasteiger partial charge in [-0.25, -0.2) is 4.79 Å². The fraction of sp³-hybridized carbons (Fsp3) is 0.263. The summed E-state index contributed by atoms with van der Waals surface area (Å²) in [6, 6.07) is 15.5. The number of amides is 2. The molecule has 0 saturated carbocycles. The molecule has 5 heteroatoms. The molecule has 2 aromatic carbocycles. The second-order valence-electron chi connectivity index (χ2n) is 5.83. The van der Waals surface area contributed by atoms with E-state index >= 15 is 0 Å². The minimum Gasteiger partial charge on any atom is -0.449 e. The molecule has 3 rings (SSSR count). The minimum atomic E-state index is -0.708. The van der Waals surface area contributed by atoms with Gasteiger partial charge < -0.3 is 15.8 Å². The van der Waals surface area contributed by atoms with Crippen LogP contribution in [0.1, 0.15) is 30.4 Å². The van der Waals surface area contributed by atoms with Gasteiger partial charge in [0.15, 0.2) is 0 Å². The summed E-state index contributed by atoms with van der Waals surface area (Å²) in [4.78, 5) is 23.2. The summed E-state index contributed by atoms with van der Waals surface area (Å²) < 4.78 is 5.36. The number of alkyl carbamates (subject to hydrolysis) is 1. The van der Waals surface area contributed by atoms with Gasteiger partial charge in [0.2, 0.25) is 5.91 Å². The lowest BCUT2D eigenvalue weighted by molar-refractivity contribution is -0.120. The van der Waals surface area contributed by atoms with E-state index in [1.807, 2.05) is 24.3 Å². The molecule has 2 aromatic rings. The molecule has 0 aromatic heterocycles. The number of nitrogens with one attached hydrogen (secondary N) is 1. The maximum atomic E-state index is 12.0. The molecule has 0 bridgehead atoms. The lowest BCUT2D eigenvalue weighted by Gasteiger charge is -2.17. The zero-order chi connectivity index (χ0) is 17.1. The first-order valence-electron chi connectivity index (χ1n) is 8.02. The van der Waals surface area contributed by atoms with Gasteiger partial charge in [-0.05, 0) is 28.7 Å². The van der Waals surface area contributed by atoms with Crippen LogP contribution < -0.4 is 11.1 Å². The SMILES string of the molecule is CC[C@@H](NC(=O)OCC1c2ccccc2-c2ccccc21)C(N)=O.